The van der Waals surface area contributed by atoms with Gasteiger partial charge in [0.2, 0.25) is 0 Å². The maximum Gasteiger partial charge on any atom is 0.416 e. The standard InChI is InChI=1S/C23H17N3O4S/c1-29-18-9-15-17(10-19(18)30-12-14-5-3-2-4-6-14)26(23(27)28)16-7-8-25-22(21(15)16)20-11-24-13-31-20/h2-11,13H,12H2,1H3,(H,27,28). The van der Waals surface area contributed by atoms with E-state index in [0.29, 0.717) is 34.8 Å². The van der Waals surface area contributed by atoms with E-state index in [0.717, 1.165) is 21.2 Å². The number of carbonyl (C=O) groups is 1. The molecule has 5 aromatic rings. The number of hydrogen-bond donors (Lipinski definition) is 1. The number of ether oxygens (including phenoxy) is 2. The number of rotatable bonds is 5. The van der Waals surface area contributed by atoms with Crippen molar-refractivity contribution in [3.63, 3.8) is 0 Å². The first-order chi connectivity index (χ1) is 15.2. The third-order valence-electron chi connectivity index (χ3n) is 5.06. The number of aromatic nitrogens is 3. The summed E-state index contributed by atoms with van der Waals surface area (Å²) in [5.74, 6) is 0.989. The van der Waals surface area contributed by atoms with Crippen LogP contribution in [0.4, 0.5) is 4.79 Å². The number of nitrogens with zero attached hydrogens (tertiary/aromatic N) is 3. The van der Waals surface area contributed by atoms with Crippen LogP contribution in [0.2, 0.25) is 0 Å². The molecule has 0 bridgehead atoms. The van der Waals surface area contributed by atoms with E-state index in [4.69, 9.17) is 9.47 Å². The van der Waals surface area contributed by atoms with Gasteiger partial charge in [-0.3, -0.25) is 9.97 Å². The summed E-state index contributed by atoms with van der Waals surface area (Å²) in [4.78, 5) is 21.7. The third kappa shape index (κ3) is 3.27. The van der Waals surface area contributed by atoms with Crippen molar-refractivity contribution in [1.29, 1.82) is 0 Å². The van der Waals surface area contributed by atoms with Crippen LogP contribution in [0.15, 0.2) is 66.4 Å². The first kappa shape index (κ1) is 19.1. The smallest absolute Gasteiger partial charge is 0.416 e. The Kier molecular flexibility index (Phi) is 4.76. The van der Waals surface area contributed by atoms with Gasteiger partial charge in [0.15, 0.2) is 11.5 Å². The highest BCUT2D eigenvalue weighted by atomic mass is 32.1. The summed E-state index contributed by atoms with van der Waals surface area (Å²) in [5.41, 5.74) is 4.46. The molecule has 0 spiro atoms. The van der Waals surface area contributed by atoms with Gasteiger partial charge < -0.3 is 14.6 Å². The Labute approximate surface area is 181 Å². The Morgan fingerprint density at radius 3 is 2.68 bits per heavy atom. The predicted molar refractivity (Wildman–Crippen MR) is 119 cm³/mol. The molecule has 5 rings (SSSR count). The second-order valence-electron chi connectivity index (χ2n) is 6.83. The van der Waals surface area contributed by atoms with Gasteiger partial charge in [0.25, 0.3) is 0 Å². The molecule has 0 aliphatic rings. The number of methoxy groups -OCH3 is 1. The Balaban J connectivity index is 1.74. The quantitative estimate of drug-likeness (QED) is 0.399. The van der Waals surface area contributed by atoms with Crippen LogP contribution in [0.5, 0.6) is 11.5 Å². The number of thiazole rings is 1. The molecule has 0 saturated carbocycles. The average Bonchev–Trinajstić information content (AvgIpc) is 3.43. The molecule has 0 aliphatic carbocycles. The molecule has 31 heavy (non-hydrogen) atoms. The number of carboxylic acid groups (broad SMARTS) is 1. The zero-order valence-electron chi connectivity index (χ0n) is 16.5. The van der Waals surface area contributed by atoms with Crippen molar-refractivity contribution in [2.75, 3.05) is 7.11 Å². The molecular weight excluding hydrogens is 414 g/mol. The average molecular weight is 431 g/mol. The maximum absolute atomic E-state index is 12.2. The molecular formula is C23H17N3O4S. The Hall–Kier alpha value is -3.91. The molecule has 0 fully saturated rings. The number of hydrogen-bond acceptors (Lipinski definition) is 6. The van der Waals surface area contributed by atoms with Crippen LogP contribution in [0.1, 0.15) is 5.56 Å². The highest BCUT2D eigenvalue weighted by Crippen LogP contribution is 2.41. The topological polar surface area (TPSA) is 86.5 Å². The molecule has 8 heteroatoms. The van der Waals surface area contributed by atoms with Crippen molar-refractivity contribution in [3.05, 3.63) is 72.0 Å². The normalized spacial score (nSPS) is 11.1. The first-order valence-corrected chi connectivity index (χ1v) is 10.4. The lowest BCUT2D eigenvalue weighted by atomic mass is 10.1. The number of fused-ring (bicyclic) bond motifs is 3. The van der Waals surface area contributed by atoms with Crippen molar-refractivity contribution < 1.29 is 19.4 Å². The predicted octanol–water partition coefficient (Wildman–Crippen LogP) is 5.43. The van der Waals surface area contributed by atoms with E-state index < -0.39 is 6.09 Å². The second-order valence-corrected chi connectivity index (χ2v) is 7.72. The van der Waals surface area contributed by atoms with Gasteiger partial charge in [-0.05, 0) is 17.7 Å². The van der Waals surface area contributed by atoms with Crippen LogP contribution in [-0.2, 0) is 6.61 Å². The molecule has 3 aromatic heterocycles. The fourth-order valence-electron chi connectivity index (χ4n) is 3.70. The molecule has 7 nitrogen and oxygen atoms in total. The van der Waals surface area contributed by atoms with Crippen LogP contribution in [-0.4, -0.2) is 32.8 Å². The molecule has 0 unspecified atom stereocenters. The molecule has 0 amide bonds. The monoisotopic (exact) mass is 431 g/mol. The van der Waals surface area contributed by atoms with E-state index in [2.05, 4.69) is 9.97 Å². The van der Waals surface area contributed by atoms with Gasteiger partial charge >= 0.3 is 6.09 Å². The van der Waals surface area contributed by atoms with E-state index in [1.54, 1.807) is 37.1 Å². The maximum atomic E-state index is 12.2. The van der Waals surface area contributed by atoms with Crippen molar-refractivity contribution >= 4 is 39.2 Å². The molecule has 3 heterocycles. The van der Waals surface area contributed by atoms with Crippen LogP contribution in [0.25, 0.3) is 32.4 Å². The minimum Gasteiger partial charge on any atom is -0.493 e. The van der Waals surface area contributed by atoms with Gasteiger partial charge in [-0.2, -0.15) is 0 Å². The van der Waals surface area contributed by atoms with E-state index in [1.807, 2.05) is 36.4 Å². The van der Waals surface area contributed by atoms with Gasteiger partial charge in [0.05, 0.1) is 34.2 Å². The van der Waals surface area contributed by atoms with E-state index in [9.17, 15) is 9.90 Å². The van der Waals surface area contributed by atoms with E-state index in [1.165, 1.54) is 15.9 Å². The minimum absolute atomic E-state index is 0.337. The largest absolute Gasteiger partial charge is 0.493 e. The Morgan fingerprint density at radius 1 is 1.13 bits per heavy atom. The molecule has 0 aliphatic heterocycles. The van der Waals surface area contributed by atoms with Crippen molar-refractivity contribution in [1.82, 2.24) is 14.5 Å². The van der Waals surface area contributed by atoms with Crippen LogP contribution in [0.3, 0.4) is 0 Å². The second kappa shape index (κ2) is 7.73. The summed E-state index contributed by atoms with van der Waals surface area (Å²) < 4.78 is 12.8. The highest BCUT2D eigenvalue weighted by molar-refractivity contribution is 7.13. The lowest BCUT2D eigenvalue weighted by molar-refractivity contribution is 0.198. The molecule has 154 valence electrons. The Morgan fingerprint density at radius 2 is 1.97 bits per heavy atom. The van der Waals surface area contributed by atoms with Crippen LogP contribution in [0, 0.1) is 0 Å². The SMILES string of the molecule is COc1cc2c3c(-c4cncs4)nccc3n(C(=O)O)c2cc1OCc1ccccc1. The third-order valence-corrected chi connectivity index (χ3v) is 5.84. The first-order valence-electron chi connectivity index (χ1n) is 9.47. The Bertz CT molecular complexity index is 1400. The van der Waals surface area contributed by atoms with E-state index in [-0.39, 0.29) is 0 Å². The van der Waals surface area contributed by atoms with Crippen molar-refractivity contribution in [2.24, 2.45) is 0 Å². The fraction of sp³-hybridized carbons (Fsp3) is 0.0870. The van der Waals surface area contributed by atoms with Crippen molar-refractivity contribution in [3.8, 4) is 22.1 Å². The zero-order chi connectivity index (χ0) is 21.4. The molecule has 0 radical (unpaired) electrons. The lowest BCUT2D eigenvalue weighted by Crippen LogP contribution is -2.07. The van der Waals surface area contributed by atoms with Gasteiger partial charge in [0.1, 0.15) is 6.61 Å². The summed E-state index contributed by atoms with van der Waals surface area (Å²) >= 11 is 1.45. The summed E-state index contributed by atoms with van der Waals surface area (Å²) in [6.45, 7) is 0.337. The summed E-state index contributed by atoms with van der Waals surface area (Å²) in [6, 6.07) is 15.0. The molecule has 0 atom stereocenters. The summed E-state index contributed by atoms with van der Waals surface area (Å²) in [6.07, 6.45) is 2.26. The number of benzene rings is 2. The lowest BCUT2D eigenvalue weighted by Gasteiger charge is -2.12. The molecule has 0 saturated heterocycles. The highest BCUT2D eigenvalue weighted by Gasteiger charge is 2.22. The molecule has 1 N–H and O–H groups in total. The van der Waals surface area contributed by atoms with Crippen molar-refractivity contribution in [2.45, 2.75) is 6.61 Å². The summed E-state index contributed by atoms with van der Waals surface area (Å²) in [7, 11) is 1.56. The van der Waals surface area contributed by atoms with Gasteiger partial charge in [-0.1, -0.05) is 30.3 Å². The van der Waals surface area contributed by atoms with Gasteiger partial charge in [-0.15, -0.1) is 11.3 Å². The van der Waals surface area contributed by atoms with Gasteiger partial charge in [-0.25, -0.2) is 9.36 Å². The minimum atomic E-state index is -1.08. The summed E-state index contributed by atoms with van der Waals surface area (Å²) in [5, 5.41) is 11.4. The van der Waals surface area contributed by atoms with Crippen LogP contribution < -0.4 is 9.47 Å². The van der Waals surface area contributed by atoms with Crippen LogP contribution >= 0.6 is 11.3 Å². The zero-order valence-corrected chi connectivity index (χ0v) is 17.3. The molecule has 2 aromatic carbocycles. The number of pyridine rings is 1. The van der Waals surface area contributed by atoms with Gasteiger partial charge in [0, 0.05) is 29.2 Å². The van der Waals surface area contributed by atoms with E-state index >= 15 is 0 Å². The fourth-order valence-corrected chi connectivity index (χ4v) is 4.32.